The molecule has 4 aromatic rings. The number of methoxy groups -OCH3 is 2. The zero-order valence-electron chi connectivity index (χ0n) is 23.4. The van der Waals surface area contributed by atoms with E-state index in [1.807, 2.05) is 6.07 Å². The van der Waals surface area contributed by atoms with Gasteiger partial charge in [-0.2, -0.15) is 0 Å². The van der Waals surface area contributed by atoms with E-state index in [4.69, 9.17) is 18.9 Å². The zero-order chi connectivity index (χ0) is 30.2. The topological polar surface area (TPSA) is 112 Å². The van der Waals surface area contributed by atoms with Crippen LogP contribution in [0.5, 0.6) is 23.0 Å². The summed E-state index contributed by atoms with van der Waals surface area (Å²) in [5.74, 6) is 1.34. The maximum absolute atomic E-state index is 13.5. The summed E-state index contributed by atoms with van der Waals surface area (Å²) in [5, 5.41) is 5.58. The minimum Gasteiger partial charge on any atom is -0.493 e. The monoisotopic (exact) mass is 596 g/mol. The summed E-state index contributed by atoms with van der Waals surface area (Å²) in [7, 11) is 3.05. The third-order valence-electron chi connectivity index (χ3n) is 6.40. The minimum absolute atomic E-state index is 0.0251. The lowest BCUT2D eigenvalue weighted by Gasteiger charge is -2.13. The van der Waals surface area contributed by atoms with Crippen LogP contribution in [0, 0.1) is 0 Å². The molecule has 1 aliphatic rings. The number of anilines is 1. The third-order valence-corrected chi connectivity index (χ3v) is 7.40. The van der Waals surface area contributed by atoms with Gasteiger partial charge >= 0.3 is 0 Å². The fraction of sp³-hybridized carbons (Fsp3) is 0.121. The van der Waals surface area contributed by atoms with Crippen LogP contribution in [0.4, 0.5) is 5.69 Å². The van der Waals surface area contributed by atoms with Crippen LogP contribution in [-0.2, 0) is 4.79 Å². The van der Waals surface area contributed by atoms with Crippen molar-refractivity contribution in [3.8, 4) is 23.0 Å². The van der Waals surface area contributed by atoms with Crippen molar-refractivity contribution in [1.29, 1.82) is 0 Å². The highest BCUT2D eigenvalue weighted by Gasteiger charge is 2.18. The first-order chi connectivity index (χ1) is 20.9. The van der Waals surface area contributed by atoms with Gasteiger partial charge in [0.15, 0.2) is 28.8 Å². The Bertz CT molecular complexity index is 1690. The van der Waals surface area contributed by atoms with Crippen molar-refractivity contribution in [2.24, 2.45) is 0 Å². The molecule has 2 amide bonds. The normalized spacial score (nSPS) is 11.9. The highest BCUT2D eigenvalue weighted by atomic mass is 32.2. The second kappa shape index (κ2) is 13.6. The summed E-state index contributed by atoms with van der Waals surface area (Å²) in [5.41, 5.74) is 2.07. The van der Waals surface area contributed by atoms with Gasteiger partial charge in [-0.1, -0.05) is 30.3 Å². The number of carbonyl (C=O) groups excluding carboxylic acids is 3. The average Bonchev–Trinajstić information content (AvgIpc) is 3.52. The first-order valence-electron chi connectivity index (χ1n) is 13.2. The Hall–Kier alpha value is -5.22. The number of benzene rings is 4. The summed E-state index contributed by atoms with van der Waals surface area (Å²) >= 11 is 1.34. The van der Waals surface area contributed by atoms with Crippen molar-refractivity contribution >= 4 is 41.1 Å². The molecule has 9 nitrogen and oxygen atoms in total. The number of nitrogens with one attached hydrogen (secondary N) is 2. The van der Waals surface area contributed by atoms with Gasteiger partial charge in [0.2, 0.25) is 6.79 Å². The third kappa shape index (κ3) is 7.35. The molecule has 0 radical (unpaired) electrons. The number of ketones is 1. The van der Waals surface area contributed by atoms with Crippen LogP contribution in [0.3, 0.4) is 0 Å². The van der Waals surface area contributed by atoms with E-state index in [1.54, 1.807) is 91.0 Å². The molecule has 0 aromatic heterocycles. The first kappa shape index (κ1) is 29.3. The van der Waals surface area contributed by atoms with Crippen molar-refractivity contribution in [3.05, 3.63) is 113 Å². The molecule has 0 unspecified atom stereocenters. The first-order valence-corrected chi connectivity index (χ1v) is 14.2. The minimum atomic E-state index is -0.530. The Labute approximate surface area is 252 Å². The van der Waals surface area contributed by atoms with Crippen LogP contribution in [0.25, 0.3) is 6.08 Å². The quantitative estimate of drug-likeness (QED) is 0.127. The lowest BCUT2D eigenvalue weighted by Crippen LogP contribution is -2.30. The molecule has 0 aliphatic carbocycles. The number of ether oxygens (including phenoxy) is 4. The van der Waals surface area contributed by atoms with Crippen LogP contribution in [-0.4, -0.2) is 44.4 Å². The molecule has 2 N–H and O–H groups in total. The molecule has 4 aromatic carbocycles. The SMILES string of the molecule is COc1ccc(/C=C(\NC(=O)c2ccccc2)C(=O)Nc2cccc(SCC(=O)c3ccc4c(c3)OCO4)c2)cc1OC. The number of hydrogen-bond donors (Lipinski definition) is 2. The molecule has 0 saturated heterocycles. The lowest BCUT2D eigenvalue weighted by molar-refractivity contribution is -0.113. The Kier molecular flexibility index (Phi) is 9.28. The van der Waals surface area contributed by atoms with E-state index < -0.39 is 11.8 Å². The van der Waals surface area contributed by atoms with E-state index in [1.165, 1.54) is 26.0 Å². The van der Waals surface area contributed by atoms with Gasteiger partial charge in [0, 0.05) is 21.7 Å². The summed E-state index contributed by atoms with van der Waals surface area (Å²) in [6.07, 6.45) is 1.56. The van der Waals surface area contributed by atoms with E-state index in [0.717, 1.165) is 4.90 Å². The van der Waals surface area contributed by atoms with Gasteiger partial charge < -0.3 is 29.6 Å². The van der Waals surface area contributed by atoms with Gasteiger partial charge in [0.25, 0.3) is 11.8 Å². The van der Waals surface area contributed by atoms with Gasteiger partial charge in [-0.15, -0.1) is 11.8 Å². The van der Waals surface area contributed by atoms with Gasteiger partial charge in [-0.3, -0.25) is 14.4 Å². The average molecular weight is 597 g/mol. The number of thioether (sulfide) groups is 1. The number of amides is 2. The number of carbonyl (C=O) groups is 3. The van der Waals surface area contributed by atoms with Crippen LogP contribution >= 0.6 is 11.8 Å². The van der Waals surface area contributed by atoms with Crippen LogP contribution in [0.2, 0.25) is 0 Å². The highest BCUT2D eigenvalue weighted by Crippen LogP contribution is 2.33. The number of fused-ring (bicyclic) bond motifs is 1. The van der Waals surface area contributed by atoms with E-state index in [9.17, 15) is 14.4 Å². The summed E-state index contributed by atoms with van der Waals surface area (Å²) in [6, 6.07) is 26.0. The molecule has 43 heavy (non-hydrogen) atoms. The van der Waals surface area contributed by atoms with Crippen LogP contribution < -0.4 is 29.6 Å². The molecule has 0 spiro atoms. The fourth-order valence-electron chi connectivity index (χ4n) is 4.22. The predicted octanol–water partition coefficient (Wildman–Crippen LogP) is 5.82. The molecule has 5 rings (SSSR count). The zero-order valence-corrected chi connectivity index (χ0v) is 24.2. The van der Waals surface area contributed by atoms with E-state index in [-0.39, 0.29) is 24.0 Å². The molecule has 218 valence electrons. The Morgan fingerprint density at radius 1 is 0.814 bits per heavy atom. The molecule has 0 saturated carbocycles. The molecule has 0 bridgehead atoms. The van der Waals surface area contributed by atoms with E-state index in [0.29, 0.717) is 45.4 Å². The molecule has 0 atom stereocenters. The molecule has 10 heteroatoms. The standard InChI is InChI=1S/C33H28N2O7S/c1-39-28-13-11-21(16-30(28)40-2)15-26(35-32(37)22-7-4-3-5-8-22)33(38)34-24-9-6-10-25(18-24)43-19-27(36)23-12-14-29-31(17-23)42-20-41-29/h3-18H,19-20H2,1-2H3,(H,34,38)(H,35,37)/b26-15-. The maximum Gasteiger partial charge on any atom is 0.272 e. The van der Waals surface area contributed by atoms with Crippen molar-refractivity contribution in [1.82, 2.24) is 5.32 Å². The van der Waals surface area contributed by atoms with Crippen LogP contribution in [0.15, 0.2) is 102 Å². The smallest absolute Gasteiger partial charge is 0.272 e. The van der Waals surface area contributed by atoms with Crippen molar-refractivity contribution in [2.75, 3.05) is 32.1 Å². The maximum atomic E-state index is 13.5. The number of Topliss-reactive ketones (excluding diaryl/α,β-unsaturated/α-hetero) is 1. The van der Waals surface area contributed by atoms with E-state index in [2.05, 4.69) is 10.6 Å². The number of rotatable bonds is 11. The summed E-state index contributed by atoms with van der Waals surface area (Å²) in [6.45, 7) is 0.140. The lowest BCUT2D eigenvalue weighted by atomic mass is 10.1. The highest BCUT2D eigenvalue weighted by molar-refractivity contribution is 8.00. The molecular formula is C33H28N2O7S. The molecule has 1 heterocycles. The number of hydrogen-bond acceptors (Lipinski definition) is 8. The fourth-order valence-corrected chi connectivity index (χ4v) is 5.07. The molecule has 0 fully saturated rings. The van der Waals surface area contributed by atoms with Crippen molar-refractivity contribution in [3.63, 3.8) is 0 Å². The summed E-state index contributed by atoms with van der Waals surface area (Å²) in [4.78, 5) is 40.0. The van der Waals surface area contributed by atoms with Crippen LogP contribution in [0.1, 0.15) is 26.3 Å². The Morgan fingerprint density at radius 2 is 1.60 bits per heavy atom. The molecular weight excluding hydrogens is 568 g/mol. The van der Waals surface area contributed by atoms with E-state index >= 15 is 0 Å². The Balaban J connectivity index is 1.31. The summed E-state index contributed by atoms with van der Waals surface area (Å²) < 4.78 is 21.4. The van der Waals surface area contributed by atoms with Gasteiger partial charge in [0.1, 0.15) is 5.70 Å². The van der Waals surface area contributed by atoms with Gasteiger partial charge in [0.05, 0.1) is 20.0 Å². The van der Waals surface area contributed by atoms with Crippen molar-refractivity contribution < 1.29 is 33.3 Å². The largest absolute Gasteiger partial charge is 0.493 e. The second-order valence-electron chi connectivity index (χ2n) is 9.25. The van der Waals surface area contributed by atoms with Crippen molar-refractivity contribution in [2.45, 2.75) is 4.90 Å². The predicted molar refractivity (Wildman–Crippen MR) is 164 cm³/mol. The second-order valence-corrected chi connectivity index (χ2v) is 10.3. The molecule has 1 aliphatic heterocycles. The Morgan fingerprint density at radius 3 is 2.40 bits per heavy atom. The van der Waals surface area contributed by atoms with Gasteiger partial charge in [-0.25, -0.2) is 0 Å². The van der Waals surface area contributed by atoms with Gasteiger partial charge in [-0.05, 0) is 72.3 Å².